The standard InChI is InChI=1S/C15H24N2O3/c1-15(10-18)7-4-5-13(15)17-9-11-14(20-3)12(19-2)6-8-16-11/h6,8,13,17-18H,4-5,7,9-10H2,1-3H3/t13-,15+/m1/s1. The molecule has 1 aromatic rings. The van der Waals surface area contributed by atoms with E-state index in [0.29, 0.717) is 24.1 Å². The second kappa shape index (κ2) is 6.41. The maximum absolute atomic E-state index is 9.58. The number of pyridine rings is 1. The van der Waals surface area contributed by atoms with Crippen LogP contribution in [0.25, 0.3) is 0 Å². The van der Waals surface area contributed by atoms with Gasteiger partial charge in [0.05, 0.1) is 19.9 Å². The number of aromatic nitrogens is 1. The van der Waals surface area contributed by atoms with Crippen LogP contribution in [0.4, 0.5) is 0 Å². The van der Waals surface area contributed by atoms with Crippen molar-refractivity contribution >= 4 is 0 Å². The predicted octanol–water partition coefficient (Wildman–Crippen LogP) is 1.74. The van der Waals surface area contributed by atoms with E-state index in [-0.39, 0.29) is 12.0 Å². The van der Waals surface area contributed by atoms with Crippen molar-refractivity contribution < 1.29 is 14.6 Å². The van der Waals surface area contributed by atoms with Crippen molar-refractivity contribution in [2.24, 2.45) is 5.41 Å². The quantitative estimate of drug-likeness (QED) is 0.831. The van der Waals surface area contributed by atoms with Gasteiger partial charge in [-0.05, 0) is 12.8 Å². The van der Waals surface area contributed by atoms with Crippen LogP contribution >= 0.6 is 0 Å². The highest BCUT2D eigenvalue weighted by Gasteiger charge is 2.37. The molecule has 1 aliphatic carbocycles. The highest BCUT2D eigenvalue weighted by Crippen LogP contribution is 2.38. The third-order valence-corrected chi connectivity index (χ3v) is 4.33. The van der Waals surface area contributed by atoms with Gasteiger partial charge in [0.25, 0.3) is 0 Å². The fourth-order valence-electron chi connectivity index (χ4n) is 2.97. The number of methoxy groups -OCH3 is 2. The molecule has 1 aromatic heterocycles. The maximum atomic E-state index is 9.58. The number of nitrogens with zero attached hydrogens (tertiary/aromatic N) is 1. The second-order valence-electron chi connectivity index (χ2n) is 5.63. The van der Waals surface area contributed by atoms with Crippen molar-refractivity contribution in [3.05, 3.63) is 18.0 Å². The van der Waals surface area contributed by atoms with Gasteiger partial charge >= 0.3 is 0 Å². The summed E-state index contributed by atoms with van der Waals surface area (Å²) in [6.07, 6.45) is 5.02. The molecule has 0 aliphatic heterocycles. The average molecular weight is 280 g/mol. The molecule has 5 heteroatoms. The smallest absolute Gasteiger partial charge is 0.183 e. The van der Waals surface area contributed by atoms with E-state index in [4.69, 9.17) is 9.47 Å². The van der Waals surface area contributed by atoms with E-state index in [1.807, 2.05) is 0 Å². The Balaban J connectivity index is 2.08. The first-order valence-corrected chi connectivity index (χ1v) is 7.04. The number of rotatable bonds is 6. The topological polar surface area (TPSA) is 63.6 Å². The zero-order valence-corrected chi connectivity index (χ0v) is 12.5. The molecule has 0 amide bonds. The van der Waals surface area contributed by atoms with Crippen LogP contribution in [0.1, 0.15) is 31.9 Å². The molecule has 0 unspecified atom stereocenters. The number of hydrogen-bond donors (Lipinski definition) is 2. The minimum atomic E-state index is -0.0356. The molecule has 0 spiro atoms. The molecule has 1 heterocycles. The van der Waals surface area contributed by atoms with Crippen LogP contribution in [-0.4, -0.2) is 37.0 Å². The molecule has 0 aromatic carbocycles. The molecular formula is C15H24N2O3. The Labute approximate surface area is 120 Å². The summed E-state index contributed by atoms with van der Waals surface area (Å²) < 4.78 is 10.7. The van der Waals surface area contributed by atoms with Crippen LogP contribution in [-0.2, 0) is 6.54 Å². The molecule has 1 aliphatic rings. The van der Waals surface area contributed by atoms with Crippen LogP contribution < -0.4 is 14.8 Å². The normalized spacial score (nSPS) is 25.7. The highest BCUT2D eigenvalue weighted by molar-refractivity contribution is 5.42. The molecule has 0 radical (unpaired) electrons. The average Bonchev–Trinajstić information content (AvgIpc) is 2.86. The van der Waals surface area contributed by atoms with Gasteiger partial charge < -0.3 is 19.9 Å². The zero-order chi connectivity index (χ0) is 14.6. The van der Waals surface area contributed by atoms with E-state index in [0.717, 1.165) is 25.0 Å². The van der Waals surface area contributed by atoms with Crippen molar-refractivity contribution in [3.8, 4) is 11.5 Å². The fraction of sp³-hybridized carbons (Fsp3) is 0.667. The Morgan fingerprint density at radius 3 is 2.90 bits per heavy atom. The minimum Gasteiger partial charge on any atom is -0.493 e. The highest BCUT2D eigenvalue weighted by atomic mass is 16.5. The molecule has 2 N–H and O–H groups in total. The first-order chi connectivity index (χ1) is 9.64. The summed E-state index contributed by atoms with van der Waals surface area (Å²) in [5.74, 6) is 1.36. The lowest BCUT2D eigenvalue weighted by molar-refractivity contribution is 0.118. The van der Waals surface area contributed by atoms with Crippen molar-refractivity contribution in [2.75, 3.05) is 20.8 Å². The third kappa shape index (κ3) is 2.88. The van der Waals surface area contributed by atoms with Crippen LogP contribution in [0.15, 0.2) is 12.3 Å². The van der Waals surface area contributed by atoms with E-state index in [2.05, 4.69) is 17.2 Å². The molecular weight excluding hydrogens is 256 g/mol. The number of hydrogen-bond acceptors (Lipinski definition) is 5. The van der Waals surface area contributed by atoms with E-state index in [1.165, 1.54) is 0 Å². The minimum absolute atomic E-state index is 0.0356. The van der Waals surface area contributed by atoms with E-state index in [1.54, 1.807) is 26.5 Å². The molecule has 5 nitrogen and oxygen atoms in total. The third-order valence-electron chi connectivity index (χ3n) is 4.33. The summed E-state index contributed by atoms with van der Waals surface area (Å²) in [6, 6.07) is 2.10. The molecule has 0 saturated heterocycles. The van der Waals surface area contributed by atoms with E-state index >= 15 is 0 Å². The molecule has 1 saturated carbocycles. The molecule has 20 heavy (non-hydrogen) atoms. The summed E-state index contributed by atoms with van der Waals surface area (Å²) in [6.45, 7) is 2.96. The Morgan fingerprint density at radius 2 is 2.25 bits per heavy atom. The number of ether oxygens (including phenoxy) is 2. The number of aliphatic hydroxyl groups excluding tert-OH is 1. The summed E-state index contributed by atoms with van der Waals surface area (Å²) in [5, 5.41) is 13.1. The van der Waals surface area contributed by atoms with Gasteiger partial charge in [0.15, 0.2) is 11.5 Å². The Kier molecular flexibility index (Phi) is 4.83. The van der Waals surface area contributed by atoms with Gasteiger partial charge in [-0.3, -0.25) is 4.98 Å². The lowest BCUT2D eigenvalue weighted by atomic mass is 9.86. The summed E-state index contributed by atoms with van der Waals surface area (Å²) >= 11 is 0. The summed E-state index contributed by atoms with van der Waals surface area (Å²) in [4.78, 5) is 4.36. The molecule has 2 rings (SSSR count). The lowest BCUT2D eigenvalue weighted by Gasteiger charge is -2.30. The number of aliphatic hydroxyl groups is 1. The first kappa shape index (κ1) is 15.1. The maximum Gasteiger partial charge on any atom is 0.183 e. The van der Waals surface area contributed by atoms with Crippen molar-refractivity contribution in [1.82, 2.24) is 10.3 Å². The van der Waals surface area contributed by atoms with Crippen molar-refractivity contribution in [2.45, 2.75) is 38.8 Å². The van der Waals surface area contributed by atoms with Gasteiger partial charge in [-0.2, -0.15) is 0 Å². The van der Waals surface area contributed by atoms with Gasteiger partial charge in [0.1, 0.15) is 0 Å². The molecule has 2 atom stereocenters. The first-order valence-electron chi connectivity index (χ1n) is 7.04. The van der Waals surface area contributed by atoms with Crippen LogP contribution in [0, 0.1) is 5.41 Å². The Hall–Kier alpha value is -1.33. The van der Waals surface area contributed by atoms with Crippen LogP contribution in [0.3, 0.4) is 0 Å². The fourth-order valence-corrected chi connectivity index (χ4v) is 2.97. The zero-order valence-electron chi connectivity index (χ0n) is 12.5. The van der Waals surface area contributed by atoms with Gasteiger partial charge in [-0.1, -0.05) is 13.3 Å². The van der Waals surface area contributed by atoms with Crippen LogP contribution in [0.5, 0.6) is 11.5 Å². The molecule has 112 valence electrons. The Bertz CT molecular complexity index is 453. The van der Waals surface area contributed by atoms with Gasteiger partial charge in [-0.15, -0.1) is 0 Å². The van der Waals surface area contributed by atoms with Crippen molar-refractivity contribution in [3.63, 3.8) is 0 Å². The molecule has 0 bridgehead atoms. The van der Waals surface area contributed by atoms with Gasteiger partial charge in [-0.25, -0.2) is 0 Å². The second-order valence-corrected chi connectivity index (χ2v) is 5.63. The summed E-state index contributed by atoms with van der Waals surface area (Å²) in [7, 11) is 3.24. The van der Waals surface area contributed by atoms with E-state index in [9.17, 15) is 5.11 Å². The van der Waals surface area contributed by atoms with Gasteiger partial charge in [0, 0.05) is 36.9 Å². The summed E-state index contributed by atoms with van der Waals surface area (Å²) in [5.41, 5.74) is 0.797. The van der Waals surface area contributed by atoms with E-state index < -0.39 is 0 Å². The Morgan fingerprint density at radius 1 is 1.45 bits per heavy atom. The monoisotopic (exact) mass is 280 g/mol. The lowest BCUT2D eigenvalue weighted by Crippen LogP contribution is -2.41. The van der Waals surface area contributed by atoms with Gasteiger partial charge in [0.2, 0.25) is 0 Å². The number of nitrogens with one attached hydrogen (secondary N) is 1. The van der Waals surface area contributed by atoms with Crippen LogP contribution in [0.2, 0.25) is 0 Å². The molecule has 1 fully saturated rings. The predicted molar refractivity (Wildman–Crippen MR) is 77.0 cm³/mol. The van der Waals surface area contributed by atoms with Crippen molar-refractivity contribution in [1.29, 1.82) is 0 Å². The largest absolute Gasteiger partial charge is 0.493 e. The SMILES string of the molecule is COc1ccnc(CN[C@@H]2CCC[C@@]2(C)CO)c1OC.